The van der Waals surface area contributed by atoms with E-state index in [1.807, 2.05) is 0 Å². The van der Waals surface area contributed by atoms with Crippen LogP contribution in [0.3, 0.4) is 0 Å². The van der Waals surface area contributed by atoms with Crippen molar-refractivity contribution >= 4 is 0 Å². The highest BCUT2D eigenvalue weighted by molar-refractivity contribution is 5.21. The Balaban J connectivity index is 2.03. The zero-order chi connectivity index (χ0) is 7.23. The van der Waals surface area contributed by atoms with Gasteiger partial charge >= 0.3 is 0 Å². The first-order valence-corrected chi connectivity index (χ1v) is 3.72. The summed E-state index contributed by atoms with van der Waals surface area (Å²) in [6.07, 6.45) is 9.44. The summed E-state index contributed by atoms with van der Waals surface area (Å²) in [7, 11) is 0. The molecular formula is C8H14N2. The summed E-state index contributed by atoms with van der Waals surface area (Å²) in [5, 5.41) is 3.33. The van der Waals surface area contributed by atoms with E-state index in [9.17, 15) is 0 Å². The summed E-state index contributed by atoms with van der Waals surface area (Å²) < 4.78 is 0. The molecule has 0 spiro atoms. The van der Waals surface area contributed by atoms with Gasteiger partial charge in [-0.05, 0) is 19.5 Å². The molecule has 0 fully saturated rings. The summed E-state index contributed by atoms with van der Waals surface area (Å²) >= 11 is 0. The van der Waals surface area contributed by atoms with Crippen molar-refractivity contribution in [3.05, 3.63) is 24.3 Å². The molecule has 1 rings (SSSR count). The molecule has 0 radical (unpaired) electrons. The SMILES string of the molecule is NCCCNC1C=CC=C1. The minimum absolute atomic E-state index is 0.451. The van der Waals surface area contributed by atoms with Gasteiger partial charge in [-0.15, -0.1) is 0 Å². The molecule has 0 aromatic rings. The van der Waals surface area contributed by atoms with Gasteiger partial charge in [0.25, 0.3) is 0 Å². The van der Waals surface area contributed by atoms with Crippen LogP contribution in [-0.4, -0.2) is 19.1 Å². The standard InChI is InChI=1S/C8H14N2/c9-6-3-7-10-8-4-1-2-5-8/h1-2,4-5,8,10H,3,6-7,9H2. The van der Waals surface area contributed by atoms with Crippen LogP contribution >= 0.6 is 0 Å². The van der Waals surface area contributed by atoms with Gasteiger partial charge in [-0.1, -0.05) is 24.3 Å². The fourth-order valence-corrected chi connectivity index (χ4v) is 0.939. The number of hydrogen-bond acceptors (Lipinski definition) is 2. The van der Waals surface area contributed by atoms with Gasteiger partial charge in [0.1, 0.15) is 0 Å². The summed E-state index contributed by atoms with van der Waals surface area (Å²) in [6, 6.07) is 0.451. The van der Waals surface area contributed by atoms with Gasteiger partial charge in [-0.2, -0.15) is 0 Å². The number of allylic oxidation sites excluding steroid dienone is 2. The molecule has 0 amide bonds. The third kappa shape index (κ3) is 2.33. The minimum atomic E-state index is 0.451. The Morgan fingerprint density at radius 2 is 2.00 bits per heavy atom. The van der Waals surface area contributed by atoms with Crippen LogP contribution in [0.4, 0.5) is 0 Å². The zero-order valence-corrected chi connectivity index (χ0v) is 6.09. The Morgan fingerprint density at radius 3 is 2.60 bits per heavy atom. The van der Waals surface area contributed by atoms with Crippen molar-refractivity contribution in [2.24, 2.45) is 5.73 Å². The van der Waals surface area contributed by atoms with E-state index in [4.69, 9.17) is 5.73 Å². The van der Waals surface area contributed by atoms with E-state index in [-0.39, 0.29) is 0 Å². The van der Waals surface area contributed by atoms with Crippen molar-refractivity contribution in [1.29, 1.82) is 0 Å². The normalized spacial score (nSPS) is 16.9. The highest BCUT2D eigenvalue weighted by Gasteiger charge is 1.99. The van der Waals surface area contributed by atoms with E-state index >= 15 is 0 Å². The molecule has 2 heteroatoms. The molecule has 0 aromatic heterocycles. The van der Waals surface area contributed by atoms with Crippen LogP contribution in [0, 0.1) is 0 Å². The fourth-order valence-electron chi connectivity index (χ4n) is 0.939. The maximum absolute atomic E-state index is 5.34. The molecule has 0 aliphatic heterocycles. The van der Waals surface area contributed by atoms with Gasteiger partial charge < -0.3 is 11.1 Å². The topological polar surface area (TPSA) is 38.0 Å². The lowest BCUT2D eigenvalue weighted by Crippen LogP contribution is -2.26. The third-order valence-electron chi connectivity index (χ3n) is 1.51. The predicted molar refractivity (Wildman–Crippen MR) is 43.7 cm³/mol. The second-order valence-corrected chi connectivity index (χ2v) is 2.39. The quantitative estimate of drug-likeness (QED) is 0.552. The van der Waals surface area contributed by atoms with Crippen molar-refractivity contribution in [2.45, 2.75) is 12.5 Å². The molecule has 0 saturated heterocycles. The van der Waals surface area contributed by atoms with E-state index in [1.165, 1.54) is 0 Å². The number of nitrogens with two attached hydrogens (primary N) is 1. The molecule has 0 aromatic carbocycles. The van der Waals surface area contributed by atoms with Gasteiger partial charge in [0.05, 0.1) is 0 Å². The average Bonchev–Trinajstić information content (AvgIpc) is 2.41. The maximum atomic E-state index is 5.34. The van der Waals surface area contributed by atoms with E-state index < -0.39 is 0 Å². The number of nitrogens with one attached hydrogen (secondary N) is 1. The Morgan fingerprint density at radius 1 is 1.30 bits per heavy atom. The molecule has 10 heavy (non-hydrogen) atoms. The van der Waals surface area contributed by atoms with Crippen molar-refractivity contribution in [1.82, 2.24) is 5.32 Å². The molecule has 1 aliphatic carbocycles. The molecule has 2 nitrogen and oxygen atoms in total. The summed E-state index contributed by atoms with van der Waals surface area (Å²) in [5.74, 6) is 0. The van der Waals surface area contributed by atoms with Crippen LogP contribution in [0.1, 0.15) is 6.42 Å². The van der Waals surface area contributed by atoms with Crippen molar-refractivity contribution in [3.8, 4) is 0 Å². The summed E-state index contributed by atoms with van der Waals surface area (Å²) in [5.41, 5.74) is 5.34. The monoisotopic (exact) mass is 138 g/mol. The smallest absolute Gasteiger partial charge is 0.0441 e. The summed E-state index contributed by atoms with van der Waals surface area (Å²) in [6.45, 7) is 1.78. The Kier molecular flexibility index (Phi) is 3.19. The second-order valence-electron chi connectivity index (χ2n) is 2.39. The van der Waals surface area contributed by atoms with Crippen LogP contribution in [0.25, 0.3) is 0 Å². The average molecular weight is 138 g/mol. The lowest BCUT2D eigenvalue weighted by atomic mass is 10.3. The molecule has 56 valence electrons. The van der Waals surface area contributed by atoms with Crippen LogP contribution in [0.2, 0.25) is 0 Å². The van der Waals surface area contributed by atoms with Crippen LogP contribution in [0.5, 0.6) is 0 Å². The molecule has 0 unspecified atom stereocenters. The maximum Gasteiger partial charge on any atom is 0.0441 e. The van der Waals surface area contributed by atoms with Crippen molar-refractivity contribution < 1.29 is 0 Å². The van der Waals surface area contributed by atoms with Crippen LogP contribution in [0.15, 0.2) is 24.3 Å². The molecule has 0 saturated carbocycles. The van der Waals surface area contributed by atoms with Gasteiger partial charge in [0.2, 0.25) is 0 Å². The first kappa shape index (κ1) is 7.51. The zero-order valence-electron chi connectivity index (χ0n) is 6.09. The van der Waals surface area contributed by atoms with E-state index in [2.05, 4.69) is 29.6 Å². The number of hydrogen-bond donors (Lipinski definition) is 2. The Bertz CT molecular complexity index is 126. The van der Waals surface area contributed by atoms with Crippen molar-refractivity contribution in [2.75, 3.05) is 13.1 Å². The largest absolute Gasteiger partial charge is 0.330 e. The van der Waals surface area contributed by atoms with Gasteiger partial charge in [0, 0.05) is 6.04 Å². The van der Waals surface area contributed by atoms with E-state index in [0.29, 0.717) is 6.04 Å². The lowest BCUT2D eigenvalue weighted by molar-refractivity contribution is 0.646. The highest BCUT2D eigenvalue weighted by Crippen LogP contribution is 1.97. The van der Waals surface area contributed by atoms with Crippen LogP contribution < -0.4 is 11.1 Å². The minimum Gasteiger partial charge on any atom is -0.330 e. The highest BCUT2D eigenvalue weighted by atomic mass is 14.9. The Labute approximate surface area is 61.8 Å². The van der Waals surface area contributed by atoms with Gasteiger partial charge in [-0.25, -0.2) is 0 Å². The van der Waals surface area contributed by atoms with Gasteiger partial charge in [0.15, 0.2) is 0 Å². The van der Waals surface area contributed by atoms with Crippen molar-refractivity contribution in [3.63, 3.8) is 0 Å². The van der Waals surface area contributed by atoms with E-state index in [0.717, 1.165) is 19.5 Å². The lowest BCUT2D eigenvalue weighted by Gasteiger charge is -2.06. The second kappa shape index (κ2) is 4.25. The fraction of sp³-hybridized carbons (Fsp3) is 0.500. The molecule has 0 bridgehead atoms. The number of rotatable bonds is 4. The summed E-state index contributed by atoms with van der Waals surface area (Å²) in [4.78, 5) is 0. The Hall–Kier alpha value is -0.600. The predicted octanol–water partition coefficient (Wildman–Crippen LogP) is 0.419. The third-order valence-corrected chi connectivity index (χ3v) is 1.51. The molecular weight excluding hydrogens is 124 g/mol. The molecule has 0 heterocycles. The first-order chi connectivity index (χ1) is 4.93. The van der Waals surface area contributed by atoms with Crippen LogP contribution in [-0.2, 0) is 0 Å². The molecule has 0 atom stereocenters. The van der Waals surface area contributed by atoms with Gasteiger partial charge in [-0.3, -0.25) is 0 Å². The first-order valence-electron chi connectivity index (χ1n) is 3.72. The molecule has 3 N–H and O–H groups in total. The molecule has 1 aliphatic rings. The van der Waals surface area contributed by atoms with E-state index in [1.54, 1.807) is 0 Å².